The van der Waals surface area contributed by atoms with E-state index in [1.54, 1.807) is 6.26 Å². The van der Waals surface area contributed by atoms with Crippen molar-refractivity contribution in [3.05, 3.63) is 58.5 Å². The number of hydrogen-bond donors (Lipinski definition) is 1. The summed E-state index contributed by atoms with van der Waals surface area (Å²) < 4.78 is 6.34. The third kappa shape index (κ3) is 2.70. The van der Waals surface area contributed by atoms with Gasteiger partial charge in [0.2, 0.25) is 0 Å². The van der Waals surface area contributed by atoms with Crippen molar-refractivity contribution in [3.63, 3.8) is 0 Å². The predicted molar refractivity (Wildman–Crippen MR) is 63.5 cm³/mol. The molecule has 3 heteroatoms. The number of furan rings is 1. The van der Waals surface area contributed by atoms with Crippen molar-refractivity contribution in [2.24, 2.45) is 5.73 Å². The number of halogens is 1. The van der Waals surface area contributed by atoms with E-state index >= 15 is 0 Å². The zero-order valence-electron chi connectivity index (χ0n) is 8.19. The molecule has 2 N–H and O–H groups in total. The van der Waals surface area contributed by atoms with Gasteiger partial charge in [-0.3, -0.25) is 0 Å². The lowest BCUT2D eigenvalue weighted by molar-refractivity contribution is 0.464. The van der Waals surface area contributed by atoms with Crippen LogP contribution in [0, 0.1) is 0 Å². The Balaban J connectivity index is 2.06. The normalized spacial score (nSPS) is 12.7. The minimum atomic E-state index is -0.0684. The van der Waals surface area contributed by atoms with Crippen molar-refractivity contribution in [3.8, 4) is 0 Å². The van der Waals surface area contributed by atoms with Crippen LogP contribution in [0.1, 0.15) is 17.4 Å². The number of nitrogens with two attached hydrogens (primary N) is 1. The second kappa shape index (κ2) is 4.64. The second-order valence-electron chi connectivity index (χ2n) is 3.45. The third-order valence-corrected chi connectivity index (χ3v) is 2.81. The Morgan fingerprint density at radius 1 is 1.20 bits per heavy atom. The van der Waals surface area contributed by atoms with Crippen molar-refractivity contribution in [2.75, 3.05) is 0 Å². The molecule has 2 rings (SSSR count). The summed E-state index contributed by atoms with van der Waals surface area (Å²) in [6.45, 7) is 0. The first-order valence-electron chi connectivity index (χ1n) is 4.79. The SMILES string of the molecule is N[C@@H](Cc1ccc(Br)cc1)c1ccco1. The molecular weight excluding hydrogens is 254 g/mol. The summed E-state index contributed by atoms with van der Waals surface area (Å²) in [5, 5.41) is 0. The first kappa shape index (κ1) is 10.5. The standard InChI is InChI=1S/C12H12BrNO/c13-10-5-3-9(4-6-10)8-11(14)12-2-1-7-15-12/h1-7,11H,8,14H2/t11-/m0/s1. The fourth-order valence-corrected chi connectivity index (χ4v) is 1.74. The average Bonchev–Trinajstić information content (AvgIpc) is 2.74. The molecule has 0 radical (unpaired) electrons. The lowest BCUT2D eigenvalue weighted by Gasteiger charge is -2.08. The highest BCUT2D eigenvalue weighted by atomic mass is 79.9. The molecule has 15 heavy (non-hydrogen) atoms. The highest BCUT2D eigenvalue weighted by molar-refractivity contribution is 9.10. The fourth-order valence-electron chi connectivity index (χ4n) is 1.48. The highest BCUT2D eigenvalue weighted by Gasteiger charge is 2.09. The Kier molecular flexibility index (Phi) is 3.23. The highest BCUT2D eigenvalue weighted by Crippen LogP contribution is 2.18. The monoisotopic (exact) mass is 265 g/mol. The predicted octanol–water partition coefficient (Wildman–Crippen LogP) is 3.28. The van der Waals surface area contributed by atoms with Gasteiger partial charge in [0, 0.05) is 4.47 Å². The Hall–Kier alpha value is -1.06. The molecule has 1 aromatic heterocycles. The zero-order chi connectivity index (χ0) is 10.7. The molecule has 0 fully saturated rings. The van der Waals surface area contributed by atoms with Gasteiger partial charge in [0.25, 0.3) is 0 Å². The molecule has 2 aromatic rings. The van der Waals surface area contributed by atoms with Crippen LogP contribution in [0.5, 0.6) is 0 Å². The average molecular weight is 266 g/mol. The number of rotatable bonds is 3. The molecule has 1 aromatic carbocycles. The van der Waals surface area contributed by atoms with E-state index in [0.29, 0.717) is 0 Å². The minimum absolute atomic E-state index is 0.0684. The Bertz CT molecular complexity index is 408. The summed E-state index contributed by atoms with van der Waals surface area (Å²) in [4.78, 5) is 0. The summed E-state index contributed by atoms with van der Waals surface area (Å²) in [5.41, 5.74) is 7.21. The molecule has 0 aliphatic rings. The molecule has 1 heterocycles. The molecule has 0 aliphatic carbocycles. The van der Waals surface area contributed by atoms with Crippen LogP contribution in [0.15, 0.2) is 51.6 Å². The van der Waals surface area contributed by atoms with Crippen LogP contribution >= 0.6 is 15.9 Å². The van der Waals surface area contributed by atoms with E-state index in [-0.39, 0.29) is 6.04 Å². The van der Waals surface area contributed by atoms with E-state index < -0.39 is 0 Å². The second-order valence-corrected chi connectivity index (χ2v) is 4.37. The van der Waals surface area contributed by atoms with Gasteiger partial charge in [-0.25, -0.2) is 0 Å². The molecule has 0 aliphatic heterocycles. The molecule has 0 spiro atoms. The van der Waals surface area contributed by atoms with Crippen molar-refractivity contribution in [2.45, 2.75) is 12.5 Å². The van der Waals surface area contributed by atoms with Crippen LogP contribution < -0.4 is 5.73 Å². The molecule has 78 valence electrons. The zero-order valence-corrected chi connectivity index (χ0v) is 9.78. The summed E-state index contributed by atoms with van der Waals surface area (Å²) in [6, 6.07) is 11.9. The van der Waals surface area contributed by atoms with E-state index in [0.717, 1.165) is 16.7 Å². The van der Waals surface area contributed by atoms with Crippen LogP contribution in [-0.4, -0.2) is 0 Å². The van der Waals surface area contributed by atoms with Gasteiger partial charge in [-0.1, -0.05) is 28.1 Å². The smallest absolute Gasteiger partial charge is 0.120 e. The quantitative estimate of drug-likeness (QED) is 0.925. The lowest BCUT2D eigenvalue weighted by Crippen LogP contribution is -2.12. The summed E-state index contributed by atoms with van der Waals surface area (Å²) in [6.07, 6.45) is 2.44. The first-order chi connectivity index (χ1) is 7.25. The van der Waals surface area contributed by atoms with Crippen LogP contribution in [0.4, 0.5) is 0 Å². The molecule has 2 nitrogen and oxygen atoms in total. The maximum Gasteiger partial charge on any atom is 0.120 e. The van der Waals surface area contributed by atoms with E-state index in [9.17, 15) is 0 Å². The van der Waals surface area contributed by atoms with Crippen LogP contribution in [0.2, 0.25) is 0 Å². The summed E-state index contributed by atoms with van der Waals surface area (Å²) in [7, 11) is 0. The maximum absolute atomic E-state index is 6.00. The van der Waals surface area contributed by atoms with Gasteiger partial charge < -0.3 is 10.2 Å². The van der Waals surface area contributed by atoms with Crippen molar-refractivity contribution in [1.29, 1.82) is 0 Å². The lowest BCUT2D eigenvalue weighted by atomic mass is 10.1. The van der Waals surface area contributed by atoms with Crippen molar-refractivity contribution >= 4 is 15.9 Å². The largest absolute Gasteiger partial charge is 0.468 e. The number of benzene rings is 1. The van der Waals surface area contributed by atoms with Crippen molar-refractivity contribution < 1.29 is 4.42 Å². The van der Waals surface area contributed by atoms with E-state index in [2.05, 4.69) is 28.1 Å². The molecule has 0 saturated carbocycles. The van der Waals surface area contributed by atoms with Gasteiger partial charge in [0.1, 0.15) is 5.76 Å². The molecule has 1 atom stereocenters. The van der Waals surface area contributed by atoms with E-state index in [1.165, 1.54) is 5.56 Å². The molecule has 0 bridgehead atoms. The van der Waals surface area contributed by atoms with Gasteiger partial charge in [-0.15, -0.1) is 0 Å². The Labute approximate surface area is 97.2 Å². The summed E-state index contributed by atoms with van der Waals surface area (Å²) in [5.74, 6) is 0.831. The van der Waals surface area contributed by atoms with Crippen molar-refractivity contribution in [1.82, 2.24) is 0 Å². The fraction of sp³-hybridized carbons (Fsp3) is 0.167. The van der Waals surface area contributed by atoms with Gasteiger partial charge in [0.15, 0.2) is 0 Å². The third-order valence-electron chi connectivity index (χ3n) is 2.28. The summed E-state index contributed by atoms with van der Waals surface area (Å²) >= 11 is 3.40. The Morgan fingerprint density at radius 3 is 2.53 bits per heavy atom. The maximum atomic E-state index is 6.00. The van der Waals surface area contributed by atoms with Crippen LogP contribution in [-0.2, 0) is 6.42 Å². The first-order valence-corrected chi connectivity index (χ1v) is 5.58. The topological polar surface area (TPSA) is 39.2 Å². The molecular formula is C12H12BrNO. The van der Waals surface area contributed by atoms with Gasteiger partial charge in [0.05, 0.1) is 12.3 Å². The van der Waals surface area contributed by atoms with Gasteiger partial charge in [-0.2, -0.15) is 0 Å². The van der Waals surface area contributed by atoms with E-state index in [1.807, 2.05) is 24.3 Å². The molecule has 0 saturated heterocycles. The van der Waals surface area contributed by atoms with Crippen LogP contribution in [0.3, 0.4) is 0 Å². The number of hydrogen-bond acceptors (Lipinski definition) is 2. The molecule has 0 amide bonds. The van der Waals surface area contributed by atoms with Gasteiger partial charge in [-0.05, 0) is 36.2 Å². The molecule has 0 unspecified atom stereocenters. The Morgan fingerprint density at radius 2 is 1.93 bits per heavy atom. The minimum Gasteiger partial charge on any atom is -0.468 e. The van der Waals surface area contributed by atoms with Gasteiger partial charge >= 0.3 is 0 Å². The van der Waals surface area contributed by atoms with E-state index in [4.69, 9.17) is 10.2 Å². The van der Waals surface area contributed by atoms with Crippen LogP contribution in [0.25, 0.3) is 0 Å².